The summed E-state index contributed by atoms with van der Waals surface area (Å²) in [5.41, 5.74) is 2.04. The maximum atomic E-state index is 10.3. The van der Waals surface area contributed by atoms with Gasteiger partial charge in [-0.3, -0.25) is 4.68 Å². The Labute approximate surface area is 127 Å². The Morgan fingerprint density at radius 2 is 2.05 bits per heavy atom. The van der Waals surface area contributed by atoms with Crippen molar-refractivity contribution in [2.24, 2.45) is 0 Å². The molecule has 0 saturated carbocycles. The van der Waals surface area contributed by atoms with Crippen molar-refractivity contribution >= 4 is 15.9 Å². The number of nitrogens with zero attached hydrogens (tertiary/aromatic N) is 2. The van der Waals surface area contributed by atoms with Crippen molar-refractivity contribution in [1.82, 2.24) is 15.1 Å². The number of aromatic nitrogens is 2. The van der Waals surface area contributed by atoms with E-state index in [1.807, 2.05) is 48.3 Å². The lowest BCUT2D eigenvalue weighted by Gasteiger charge is -2.20. The van der Waals surface area contributed by atoms with Gasteiger partial charge in [0.15, 0.2) is 0 Å². The molecule has 0 aliphatic rings. The highest BCUT2D eigenvalue weighted by Crippen LogP contribution is 2.19. The third-order valence-corrected chi connectivity index (χ3v) is 3.85. The SMILES string of the molecule is CCn1cc(CNC(C)C(O)c2ccc(Br)cc2)cn1. The van der Waals surface area contributed by atoms with E-state index in [1.165, 1.54) is 0 Å². The van der Waals surface area contributed by atoms with E-state index in [2.05, 4.69) is 33.3 Å². The number of aliphatic hydroxyl groups excluding tert-OH is 1. The van der Waals surface area contributed by atoms with Crippen LogP contribution in [0.3, 0.4) is 0 Å². The Kier molecular flexibility index (Phi) is 5.34. The number of halogens is 1. The Bertz CT molecular complexity index is 538. The Balaban J connectivity index is 1.90. The third-order valence-electron chi connectivity index (χ3n) is 3.32. The molecule has 20 heavy (non-hydrogen) atoms. The van der Waals surface area contributed by atoms with E-state index >= 15 is 0 Å². The van der Waals surface area contributed by atoms with Gasteiger partial charge >= 0.3 is 0 Å². The number of hydrogen-bond acceptors (Lipinski definition) is 3. The van der Waals surface area contributed by atoms with Crippen LogP contribution < -0.4 is 5.32 Å². The second-order valence-corrected chi connectivity index (χ2v) is 5.79. The number of benzene rings is 1. The lowest BCUT2D eigenvalue weighted by atomic mass is 10.0. The summed E-state index contributed by atoms with van der Waals surface area (Å²) in [4.78, 5) is 0. The molecule has 2 aromatic rings. The summed E-state index contributed by atoms with van der Waals surface area (Å²) in [5.74, 6) is 0. The molecule has 2 unspecified atom stereocenters. The summed E-state index contributed by atoms with van der Waals surface area (Å²) < 4.78 is 2.91. The molecule has 0 bridgehead atoms. The minimum atomic E-state index is -0.524. The molecule has 0 fully saturated rings. The van der Waals surface area contributed by atoms with Gasteiger partial charge in [-0.1, -0.05) is 28.1 Å². The van der Waals surface area contributed by atoms with Crippen LogP contribution >= 0.6 is 15.9 Å². The minimum Gasteiger partial charge on any atom is -0.387 e. The van der Waals surface area contributed by atoms with E-state index in [0.717, 1.165) is 22.1 Å². The van der Waals surface area contributed by atoms with Crippen molar-refractivity contribution in [3.05, 3.63) is 52.3 Å². The predicted octanol–water partition coefficient (Wildman–Crippen LogP) is 2.88. The molecule has 0 saturated heterocycles. The molecule has 2 atom stereocenters. The highest BCUT2D eigenvalue weighted by atomic mass is 79.9. The van der Waals surface area contributed by atoms with Gasteiger partial charge in [-0.2, -0.15) is 5.10 Å². The summed E-state index contributed by atoms with van der Waals surface area (Å²) in [6, 6.07) is 7.72. The zero-order chi connectivity index (χ0) is 14.5. The summed E-state index contributed by atoms with van der Waals surface area (Å²) in [6.07, 6.45) is 3.35. The highest BCUT2D eigenvalue weighted by molar-refractivity contribution is 9.10. The summed E-state index contributed by atoms with van der Waals surface area (Å²) in [7, 11) is 0. The first-order valence-corrected chi connectivity index (χ1v) is 7.57. The van der Waals surface area contributed by atoms with Gasteiger partial charge in [0.25, 0.3) is 0 Å². The largest absolute Gasteiger partial charge is 0.387 e. The van der Waals surface area contributed by atoms with Gasteiger partial charge in [0.1, 0.15) is 0 Å². The molecule has 2 rings (SSSR count). The van der Waals surface area contributed by atoms with E-state index < -0.39 is 6.10 Å². The lowest BCUT2D eigenvalue weighted by Crippen LogP contribution is -2.31. The van der Waals surface area contributed by atoms with Crippen LogP contribution in [0.15, 0.2) is 41.1 Å². The minimum absolute atomic E-state index is 0.0267. The predicted molar refractivity (Wildman–Crippen MR) is 83.3 cm³/mol. The van der Waals surface area contributed by atoms with Crippen molar-refractivity contribution in [2.45, 2.75) is 39.1 Å². The molecule has 0 radical (unpaired) electrons. The molecule has 0 amide bonds. The van der Waals surface area contributed by atoms with Crippen LogP contribution in [0.4, 0.5) is 0 Å². The second-order valence-electron chi connectivity index (χ2n) is 4.87. The molecule has 0 aliphatic heterocycles. The Morgan fingerprint density at radius 3 is 2.65 bits per heavy atom. The molecule has 0 aliphatic carbocycles. The number of aliphatic hydroxyl groups is 1. The van der Waals surface area contributed by atoms with Crippen LogP contribution in [0.1, 0.15) is 31.1 Å². The van der Waals surface area contributed by atoms with E-state index in [4.69, 9.17) is 0 Å². The molecule has 1 aromatic carbocycles. The van der Waals surface area contributed by atoms with E-state index in [-0.39, 0.29) is 6.04 Å². The van der Waals surface area contributed by atoms with Crippen LogP contribution in [-0.4, -0.2) is 20.9 Å². The summed E-state index contributed by atoms with van der Waals surface area (Å²) in [5, 5.41) is 17.9. The second kappa shape index (κ2) is 7.02. The monoisotopic (exact) mass is 337 g/mol. The lowest BCUT2D eigenvalue weighted by molar-refractivity contribution is 0.135. The number of rotatable bonds is 6. The molecule has 0 spiro atoms. The zero-order valence-electron chi connectivity index (χ0n) is 11.8. The summed E-state index contributed by atoms with van der Waals surface area (Å²) >= 11 is 3.40. The Hall–Kier alpha value is -1.17. The van der Waals surface area contributed by atoms with Gasteiger partial charge in [-0.25, -0.2) is 0 Å². The van der Waals surface area contributed by atoms with Gasteiger partial charge in [-0.15, -0.1) is 0 Å². The fourth-order valence-corrected chi connectivity index (χ4v) is 2.27. The topological polar surface area (TPSA) is 50.1 Å². The first-order valence-electron chi connectivity index (χ1n) is 6.78. The molecule has 2 N–H and O–H groups in total. The van der Waals surface area contributed by atoms with Crippen molar-refractivity contribution < 1.29 is 5.11 Å². The maximum absolute atomic E-state index is 10.3. The number of hydrogen-bond donors (Lipinski definition) is 2. The standard InChI is InChI=1S/C15H20BrN3O/c1-3-19-10-12(9-18-19)8-17-11(2)15(20)13-4-6-14(16)7-5-13/h4-7,9-11,15,17,20H,3,8H2,1-2H3. The van der Waals surface area contributed by atoms with Crippen molar-refractivity contribution in [3.8, 4) is 0 Å². The van der Waals surface area contributed by atoms with Gasteiger partial charge in [0.2, 0.25) is 0 Å². The van der Waals surface area contributed by atoms with Crippen LogP contribution in [0, 0.1) is 0 Å². The van der Waals surface area contributed by atoms with E-state index in [0.29, 0.717) is 6.54 Å². The molecular formula is C15H20BrN3O. The van der Waals surface area contributed by atoms with Gasteiger partial charge in [-0.05, 0) is 31.5 Å². The van der Waals surface area contributed by atoms with Gasteiger partial charge in [0, 0.05) is 35.4 Å². The smallest absolute Gasteiger partial charge is 0.0940 e. The molecule has 1 aromatic heterocycles. The van der Waals surface area contributed by atoms with Crippen LogP contribution in [-0.2, 0) is 13.1 Å². The maximum Gasteiger partial charge on any atom is 0.0940 e. The highest BCUT2D eigenvalue weighted by Gasteiger charge is 2.15. The fraction of sp³-hybridized carbons (Fsp3) is 0.400. The van der Waals surface area contributed by atoms with Crippen molar-refractivity contribution in [2.75, 3.05) is 0 Å². The number of aryl methyl sites for hydroxylation is 1. The first kappa shape index (κ1) is 15.2. The average Bonchev–Trinajstić information content (AvgIpc) is 2.93. The van der Waals surface area contributed by atoms with Crippen molar-refractivity contribution in [1.29, 1.82) is 0 Å². The van der Waals surface area contributed by atoms with Crippen molar-refractivity contribution in [3.63, 3.8) is 0 Å². The van der Waals surface area contributed by atoms with Gasteiger partial charge < -0.3 is 10.4 Å². The Morgan fingerprint density at radius 1 is 1.35 bits per heavy atom. The zero-order valence-corrected chi connectivity index (χ0v) is 13.3. The van der Waals surface area contributed by atoms with Crippen LogP contribution in [0.25, 0.3) is 0 Å². The third kappa shape index (κ3) is 3.91. The average molecular weight is 338 g/mol. The van der Waals surface area contributed by atoms with E-state index in [9.17, 15) is 5.11 Å². The quantitative estimate of drug-likeness (QED) is 0.852. The summed E-state index contributed by atoms with van der Waals surface area (Å²) in [6.45, 7) is 5.62. The molecular weight excluding hydrogens is 318 g/mol. The van der Waals surface area contributed by atoms with Gasteiger partial charge in [0.05, 0.1) is 12.3 Å². The van der Waals surface area contributed by atoms with E-state index in [1.54, 1.807) is 0 Å². The normalized spacial score (nSPS) is 14.2. The molecule has 108 valence electrons. The molecule has 5 heteroatoms. The molecule has 4 nitrogen and oxygen atoms in total. The molecule has 1 heterocycles. The first-order chi connectivity index (χ1) is 9.60. The van der Waals surface area contributed by atoms with Crippen LogP contribution in [0.5, 0.6) is 0 Å². The van der Waals surface area contributed by atoms with Crippen LogP contribution in [0.2, 0.25) is 0 Å². The number of nitrogens with one attached hydrogen (secondary N) is 1. The fourth-order valence-electron chi connectivity index (χ4n) is 2.01.